The fourth-order valence-electron chi connectivity index (χ4n) is 1.46. The number of aromatic nitrogens is 1. The van der Waals surface area contributed by atoms with Crippen molar-refractivity contribution in [2.45, 2.75) is 0 Å². The molecule has 14 heavy (non-hydrogen) atoms. The third-order valence-corrected chi connectivity index (χ3v) is 2.47. The van der Waals surface area contributed by atoms with Crippen LogP contribution in [0.2, 0.25) is 0 Å². The lowest BCUT2D eigenvalue weighted by atomic mass is 10.1. The number of allylic oxidation sites excluding steroid dienone is 1. The van der Waals surface area contributed by atoms with Crippen molar-refractivity contribution < 1.29 is 0 Å². The minimum Gasteiger partial charge on any atom is -0.264 e. The third-order valence-electron chi connectivity index (χ3n) is 2.10. The molecule has 0 amide bonds. The van der Waals surface area contributed by atoms with Gasteiger partial charge in [0.05, 0.1) is 0 Å². The molecular weight excluding hydrogens is 238 g/mol. The molecule has 1 heterocycles. The Balaban J connectivity index is 2.59. The van der Waals surface area contributed by atoms with E-state index in [1.165, 1.54) is 16.3 Å². The summed E-state index contributed by atoms with van der Waals surface area (Å²) >= 11 is 3.37. The van der Waals surface area contributed by atoms with Gasteiger partial charge >= 0.3 is 0 Å². The molecule has 0 saturated heterocycles. The largest absolute Gasteiger partial charge is 0.264 e. The van der Waals surface area contributed by atoms with Crippen molar-refractivity contribution in [2.24, 2.45) is 0 Å². The normalized spacial score (nSPS) is 11.2. The summed E-state index contributed by atoms with van der Waals surface area (Å²) in [5, 5.41) is 3.32. The van der Waals surface area contributed by atoms with Gasteiger partial charge in [-0.1, -0.05) is 46.3 Å². The second kappa shape index (κ2) is 4.38. The van der Waals surface area contributed by atoms with E-state index in [9.17, 15) is 0 Å². The molecule has 1 nitrogen and oxygen atoms in total. The summed E-state index contributed by atoms with van der Waals surface area (Å²) in [5.41, 5.74) is 1.24. The number of rotatable bonds is 2. The highest BCUT2D eigenvalue weighted by Crippen LogP contribution is 2.18. The summed E-state index contributed by atoms with van der Waals surface area (Å²) in [6.45, 7) is 0. The molecule has 0 aliphatic carbocycles. The highest BCUT2D eigenvalue weighted by molar-refractivity contribution is 9.09. The number of pyridine rings is 1. The van der Waals surface area contributed by atoms with Crippen LogP contribution in [-0.4, -0.2) is 10.3 Å². The monoisotopic (exact) mass is 247 g/mol. The van der Waals surface area contributed by atoms with Crippen molar-refractivity contribution in [2.75, 3.05) is 5.33 Å². The smallest absolute Gasteiger partial charge is 0.0346 e. The van der Waals surface area contributed by atoms with Crippen LogP contribution in [0.1, 0.15) is 5.56 Å². The highest BCUT2D eigenvalue weighted by atomic mass is 79.9. The molecule has 0 unspecified atom stereocenters. The Bertz CT molecular complexity index is 457. The first-order chi connectivity index (χ1) is 6.92. The topological polar surface area (TPSA) is 12.9 Å². The molecule has 1 aromatic heterocycles. The van der Waals surface area contributed by atoms with Crippen molar-refractivity contribution in [3.63, 3.8) is 0 Å². The molecule has 0 bridgehead atoms. The zero-order chi connectivity index (χ0) is 9.80. The molecule has 0 aliphatic rings. The standard InChI is InChI=1S/C12H10BrN/c13-7-2-5-10-3-1-4-11-9-14-8-6-12(10)11/h1-6,8-9H,7H2. The number of halogens is 1. The number of fused-ring (bicyclic) bond motifs is 1. The Labute approximate surface area is 91.6 Å². The van der Waals surface area contributed by atoms with Crippen LogP contribution >= 0.6 is 15.9 Å². The molecule has 0 aliphatic heterocycles. The van der Waals surface area contributed by atoms with Crippen LogP contribution in [-0.2, 0) is 0 Å². The SMILES string of the molecule is BrCC=Cc1cccc2cnccc12. The predicted molar refractivity (Wildman–Crippen MR) is 64.6 cm³/mol. The van der Waals surface area contributed by atoms with Gasteiger partial charge in [-0.05, 0) is 17.0 Å². The summed E-state index contributed by atoms with van der Waals surface area (Å²) in [6.07, 6.45) is 7.93. The minimum atomic E-state index is 0.883. The second-order valence-corrected chi connectivity index (χ2v) is 3.65. The molecule has 2 aromatic rings. The van der Waals surface area contributed by atoms with Crippen molar-refractivity contribution in [1.29, 1.82) is 0 Å². The van der Waals surface area contributed by atoms with Crippen LogP contribution in [0.25, 0.3) is 16.8 Å². The van der Waals surface area contributed by atoms with E-state index >= 15 is 0 Å². The number of hydrogen-bond donors (Lipinski definition) is 0. The maximum atomic E-state index is 4.10. The van der Waals surface area contributed by atoms with Crippen LogP contribution in [0.15, 0.2) is 42.7 Å². The lowest BCUT2D eigenvalue weighted by Crippen LogP contribution is -1.79. The van der Waals surface area contributed by atoms with Gasteiger partial charge in [0, 0.05) is 23.1 Å². The van der Waals surface area contributed by atoms with Gasteiger partial charge in [0.25, 0.3) is 0 Å². The summed E-state index contributed by atoms with van der Waals surface area (Å²) in [7, 11) is 0. The lowest BCUT2D eigenvalue weighted by molar-refractivity contribution is 1.36. The maximum Gasteiger partial charge on any atom is 0.0346 e. The van der Waals surface area contributed by atoms with Crippen molar-refractivity contribution in [3.8, 4) is 0 Å². The summed E-state index contributed by atoms with van der Waals surface area (Å²) in [6, 6.07) is 8.29. The van der Waals surface area contributed by atoms with Crippen LogP contribution in [0.3, 0.4) is 0 Å². The number of nitrogens with zero attached hydrogens (tertiary/aromatic N) is 1. The molecule has 0 radical (unpaired) electrons. The molecule has 0 fully saturated rings. The first-order valence-corrected chi connectivity index (χ1v) is 5.59. The van der Waals surface area contributed by atoms with Gasteiger partial charge in [0.1, 0.15) is 0 Å². The van der Waals surface area contributed by atoms with Crippen LogP contribution < -0.4 is 0 Å². The number of benzene rings is 1. The van der Waals surface area contributed by atoms with E-state index in [0.717, 1.165) is 5.33 Å². The Morgan fingerprint density at radius 1 is 1.29 bits per heavy atom. The fraction of sp³-hybridized carbons (Fsp3) is 0.0833. The van der Waals surface area contributed by atoms with Gasteiger partial charge in [-0.3, -0.25) is 4.98 Å². The Morgan fingerprint density at radius 3 is 3.07 bits per heavy atom. The fourth-order valence-corrected chi connectivity index (χ4v) is 1.65. The van der Waals surface area contributed by atoms with Crippen molar-refractivity contribution >= 4 is 32.8 Å². The Hall–Kier alpha value is -1.15. The van der Waals surface area contributed by atoms with E-state index < -0.39 is 0 Å². The zero-order valence-corrected chi connectivity index (χ0v) is 9.24. The molecule has 0 atom stereocenters. The first-order valence-electron chi connectivity index (χ1n) is 4.47. The molecule has 0 spiro atoms. The predicted octanol–water partition coefficient (Wildman–Crippen LogP) is 3.64. The minimum absolute atomic E-state index is 0.883. The molecule has 0 N–H and O–H groups in total. The van der Waals surface area contributed by atoms with Crippen molar-refractivity contribution in [3.05, 3.63) is 48.3 Å². The molecular formula is C12H10BrN. The molecule has 2 heteroatoms. The van der Waals surface area contributed by atoms with E-state index in [-0.39, 0.29) is 0 Å². The molecule has 1 aromatic carbocycles. The van der Waals surface area contributed by atoms with Crippen LogP contribution in [0.4, 0.5) is 0 Å². The molecule has 0 saturated carbocycles. The average molecular weight is 248 g/mol. The zero-order valence-electron chi connectivity index (χ0n) is 7.65. The Morgan fingerprint density at radius 2 is 2.21 bits per heavy atom. The first kappa shape index (κ1) is 9.41. The van der Waals surface area contributed by atoms with Gasteiger partial charge in [-0.15, -0.1) is 0 Å². The van der Waals surface area contributed by atoms with Gasteiger partial charge in [0.15, 0.2) is 0 Å². The van der Waals surface area contributed by atoms with E-state index in [2.05, 4.69) is 51.3 Å². The van der Waals surface area contributed by atoms with Gasteiger partial charge in [-0.2, -0.15) is 0 Å². The van der Waals surface area contributed by atoms with Gasteiger partial charge < -0.3 is 0 Å². The van der Waals surface area contributed by atoms with Crippen LogP contribution in [0, 0.1) is 0 Å². The number of alkyl halides is 1. The van der Waals surface area contributed by atoms with E-state index in [0.29, 0.717) is 0 Å². The Kier molecular flexibility index (Phi) is 2.94. The van der Waals surface area contributed by atoms with Gasteiger partial charge in [0.2, 0.25) is 0 Å². The van der Waals surface area contributed by atoms with E-state index in [1.54, 1.807) is 0 Å². The molecule has 70 valence electrons. The maximum absolute atomic E-state index is 4.10. The summed E-state index contributed by atoms with van der Waals surface area (Å²) < 4.78 is 0. The van der Waals surface area contributed by atoms with Gasteiger partial charge in [-0.25, -0.2) is 0 Å². The highest BCUT2D eigenvalue weighted by Gasteiger charge is 1.95. The third kappa shape index (κ3) is 1.85. The second-order valence-electron chi connectivity index (χ2n) is 3.00. The van der Waals surface area contributed by atoms with Crippen LogP contribution in [0.5, 0.6) is 0 Å². The molecule has 2 rings (SSSR count). The quantitative estimate of drug-likeness (QED) is 0.739. The van der Waals surface area contributed by atoms with Crippen molar-refractivity contribution in [1.82, 2.24) is 4.98 Å². The van der Waals surface area contributed by atoms with E-state index in [1.807, 2.05) is 18.5 Å². The summed E-state index contributed by atoms with van der Waals surface area (Å²) in [4.78, 5) is 4.10. The number of hydrogen-bond acceptors (Lipinski definition) is 1. The summed E-state index contributed by atoms with van der Waals surface area (Å²) in [5.74, 6) is 0. The lowest BCUT2D eigenvalue weighted by Gasteiger charge is -2.00. The van der Waals surface area contributed by atoms with E-state index in [4.69, 9.17) is 0 Å². The average Bonchev–Trinajstić information content (AvgIpc) is 2.26.